The van der Waals surface area contributed by atoms with E-state index in [9.17, 15) is 0 Å². The topological polar surface area (TPSA) is 8.17 Å². The van der Waals surface area contributed by atoms with Crippen LogP contribution in [-0.2, 0) is 0 Å². The molecule has 1 heterocycles. The summed E-state index contributed by atoms with van der Waals surface area (Å²) < 4.78 is 2.47. The van der Waals surface area contributed by atoms with Gasteiger partial charge >= 0.3 is 0 Å². The van der Waals surface area contributed by atoms with Crippen molar-refractivity contribution >= 4 is 71.2 Å². The third-order valence-corrected chi connectivity index (χ3v) is 13.5. The molecule has 13 aromatic rings. The lowest BCUT2D eigenvalue weighted by molar-refractivity contribution is 1.19. The van der Waals surface area contributed by atoms with Gasteiger partial charge in [0.1, 0.15) is 0 Å². The summed E-state index contributed by atoms with van der Waals surface area (Å²) in [6.45, 7) is 0. The van der Waals surface area contributed by atoms with Crippen molar-refractivity contribution in [1.29, 1.82) is 0 Å². The Hall–Kier alpha value is -8.72. The first-order valence-corrected chi connectivity index (χ1v) is 22.7. The highest BCUT2D eigenvalue weighted by Gasteiger charge is 2.21. The molecular weight excluding hydrogens is 797 g/mol. The van der Waals surface area contributed by atoms with Gasteiger partial charge in [0.15, 0.2) is 0 Å². The van der Waals surface area contributed by atoms with E-state index in [0.29, 0.717) is 0 Å². The molecule has 2 heteroatoms. The Morgan fingerprint density at radius 2 is 0.788 bits per heavy atom. The molecule has 0 N–H and O–H groups in total. The van der Waals surface area contributed by atoms with Gasteiger partial charge in [0.2, 0.25) is 0 Å². The van der Waals surface area contributed by atoms with Crippen LogP contribution in [0.1, 0.15) is 0 Å². The number of rotatable bonds is 8. The molecule has 2 nitrogen and oxygen atoms in total. The molecule has 66 heavy (non-hydrogen) atoms. The van der Waals surface area contributed by atoms with Crippen molar-refractivity contribution < 1.29 is 0 Å². The number of hydrogen-bond donors (Lipinski definition) is 0. The van der Waals surface area contributed by atoms with Crippen LogP contribution in [0.3, 0.4) is 0 Å². The van der Waals surface area contributed by atoms with Crippen LogP contribution in [0, 0.1) is 0 Å². The Labute approximate surface area is 383 Å². The van der Waals surface area contributed by atoms with Gasteiger partial charge in [0.25, 0.3) is 0 Å². The predicted octanol–water partition coefficient (Wildman–Crippen LogP) is 17.8. The summed E-state index contributed by atoms with van der Waals surface area (Å²) in [6.07, 6.45) is 0. The fourth-order valence-electron chi connectivity index (χ4n) is 10.4. The van der Waals surface area contributed by atoms with Crippen LogP contribution < -0.4 is 4.90 Å². The first-order valence-electron chi connectivity index (χ1n) is 22.7. The number of nitrogens with zero attached hydrogens (tertiary/aromatic N) is 2. The molecule has 0 unspecified atom stereocenters. The molecule has 308 valence electrons. The van der Waals surface area contributed by atoms with Crippen LogP contribution >= 0.6 is 0 Å². The Bertz CT molecular complexity index is 3820. The van der Waals surface area contributed by atoms with Crippen molar-refractivity contribution in [2.45, 2.75) is 0 Å². The second-order valence-electron chi connectivity index (χ2n) is 17.3. The summed E-state index contributed by atoms with van der Waals surface area (Å²) in [5, 5.41) is 10.2. The zero-order valence-corrected chi connectivity index (χ0v) is 36.1. The average Bonchev–Trinajstić information content (AvgIpc) is 3.73. The van der Waals surface area contributed by atoms with Gasteiger partial charge in [-0.1, -0.05) is 182 Å². The summed E-state index contributed by atoms with van der Waals surface area (Å²) in [6, 6.07) is 93.1. The Balaban J connectivity index is 0.975. The molecule has 0 fully saturated rings. The SMILES string of the molecule is c1ccc(-c2cc(-c3ccccc3)cc(N(c3ccccc3)c3ccc(-c4ccc5ccc6cc7c8cc(-c9ccccc9)ccc8n(-c8ccccc8)c7c7ccc4c5c67)cc3)c2)cc1. The highest BCUT2D eigenvalue weighted by molar-refractivity contribution is 6.33. The van der Waals surface area contributed by atoms with Crippen molar-refractivity contribution in [3.8, 4) is 50.2 Å². The lowest BCUT2D eigenvalue weighted by Gasteiger charge is -2.27. The van der Waals surface area contributed by atoms with Gasteiger partial charge in [-0.05, 0) is 144 Å². The molecule has 0 atom stereocenters. The fourth-order valence-corrected chi connectivity index (χ4v) is 10.4. The number of fused-ring (bicyclic) bond motifs is 4. The summed E-state index contributed by atoms with van der Waals surface area (Å²) >= 11 is 0. The average molecular weight is 839 g/mol. The second kappa shape index (κ2) is 15.5. The summed E-state index contributed by atoms with van der Waals surface area (Å²) in [5.74, 6) is 0. The maximum atomic E-state index is 2.47. The van der Waals surface area contributed by atoms with E-state index in [1.165, 1.54) is 98.6 Å². The van der Waals surface area contributed by atoms with Crippen LogP contribution in [-0.4, -0.2) is 4.57 Å². The van der Waals surface area contributed by atoms with Crippen molar-refractivity contribution in [2.75, 3.05) is 4.90 Å². The van der Waals surface area contributed by atoms with Crippen molar-refractivity contribution in [3.05, 3.63) is 255 Å². The zero-order valence-electron chi connectivity index (χ0n) is 36.1. The smallest absolute Gasteiger partial charge is 0.0620 e. The molecule has 0 amide bonds. The summed E-state index contributed by atoms with van der Waals surface area (Å²) in [4.78, 5) is 2.38. The Kier molecular flexibility index (Phi) is 8.89. The minimum atomic E-state index is 1.10. The largest absolute Gasteiger partial charge is 0.310 e. The second-order valence-corrected chi connectivity index (χ2v) is 17.3. The van der Waals surface area contributed by atoms with E-state index < -0.39 is 0 Å². The van der Waals surface area contributed by atoms with Gasteiger partial charge in [-0.3, -0.25) is 0 Å². The molecule has 0 radical (unpaired) electrons. The van der Waals surface area contributed by atoms with Gasteiger partial charge in [-0.15, -0.1) is 0 Å². The Morgan fingerprint density at radius 3 is 1.44 bits per heavy atom. The molecule has 13 rings (SSSR count). The number of aromatic nitrogens is 1. The molecule has 1 aromatic heterocycles. The Morgan fingerprint density at radius 1 is 0.273 bits per heavy atom. The van der Waals surface area contributed by atoms with Crippen molar-refractivity contribution in [3.63, 3.8) is 0 Å². The lowest BCUT2D eigenvalue weighted by Crippen LogP contribution is -2.10. The number of para-hydroxylation sites is 2. The minimum absolute atomic E-state index is 1.10. The monoisotopic (exact) mass is 838 g/mol. The molecule has 0 bridgehead atoms. The van der Waals surface area contributed by atoms with Gasteiger partial charge < -0.3 is 9.47 Å². The molecule has 0 aliphatic carbocycles. The summed E-state index contributed by atoms with van der Waals surface area (Å²) in [5.41, 5.74) is 16.5. The quantitative estimate of drug-likeness (QED) is 0.138. The first kappa shape index (κ1) is 37.8. The van der Waals surface area contributed by atoms with E-state index in [2.05, 4.69) is 264 Å². The summed E-state index contributed by atoms with van der Waals surface area (Å²) in [7, 11) is 0. The van der Waals surface area contributed by atoms with Gasteiger partial charge in [0.05, 0.1) is 11.0 Å². The third kappa shape index (κ3) is 6.26. The minimum Gasteiger partial charge on any atom is -0.310 e. The number of hydrogen-bond acceptors (Lipinski definition) is 1. The third-order valence-electron chi connectivity index (χ3n) is 13.5. The van der Waals surface area contributed by atoms with Crippen LogP contribution in [0.25, 0.3) is 104 Å². The van der Waals surface area contributed by atoms with Gasteiger partial charge in [0, 0.05) is 38.9 Å². The normalized spacial score (nSPS) is 11.6. The van der Waals surface area contributed by atoms with E-state index in [0.717, 1.165) is 22.7 Å². The van der Waals surface area contributed by atoms with E-state index in [1.807, 2.05) is 0 Å². The highest BCUT2D eigenvalue weighted by Crippen LogP contribution is 2.46. The molecule has 0 saturated carbocycles. The van der Waals surface area contributed by atoms with Gasteiger partial charge in [-0.2, -0.15) is 0 Å². The maximum Gasteiger partial charge on any atom is 0.0620 e. The fraction of sp³-hybridized carbons (Fsp3) is 0. The molecule has 12 aromatic carbocycles. The molecule has 0 saturated heterocycles. The van der Waals surface area contributed by atoms with E-state index in [4.69, 9.17) is 0 Å². The van der Waals surface area contributed by atoms with Crippen LogP contribution in [0.5, 0.6) is 0 Å². The van der Waals surface area contributed by atoms with E-state index >= 15 is 0 Å². The predicted molar refractivity (Wildman–Crippen MR) is 281 cm³/mol. The highest BCUT2D eigenvalue weighted by atomic mass is 15.1. The number of anilines is 3. The van der Waals surface area contributed by atoms with Gasteiger partial charge in [-0.25, -0.2) is 0 Å². The molecule has 0 spiro atoms. The van der Waals surface area contributed by atoms with E-state index in [1.54, 1.807) is 0 Å². The van der Waals surface area contributed by atoms with Crippen LogP contribution in [0.2, 0.25) is 0 Å². The number of benzene rings is 12. The molecule has 0 aliphatic rings. The maximum absolute atomic E-state index is 2.47. The van der Waals surface area contributed by atoms with Crippen molar-refractivity contribution in [2.24, 2.45) is 0 Å². The first-order chi connectivity index (χ1) is 32.7. The van der Waals surface area contributed by atoms with Crippen LogP contribution in [0.4, 0.5) is 17.1 Å². The molecular formula is C64H42N2. The zero-order chi connectivity index (χ0) is 43.6. The molecule has 0 aliphatic heterocycles. The standard InChI is InChI=1S/C64H42N2/c1-6-16-43(17-7-1)48-31-37-61-59(41-48)60-42-49-27-26-47-30-34-56(57-35-36-58(63(49)62(47)57)64(60)66(61)53-24-14-5-15-25-53)46-28-32-54(33-29-46)65(52-22-12-4-13-23-52)55-39-50(44-18-8-2-9-19-44)38-51(40-55)45-20-10-3-11-21-45/h1-42H. The van der Waals surface area contributed by atoms with Crippen molar-refractivity contribution in [1.82, 2.24) is 4.57 Å². The lowest BCUT2D eigenvalue weighted by atomic mass is 9.88. The van der Waals surface area contributed by atoms with Crippen LogP contribution in [0.15, 0.2) is 255 Å². The van der Waals surface area contributed by atoms with E-state index in [-0.39, 0.29) is 0 Å².